The number of aryl methyl sites for hydroxylation is 1. The van der Waals surface area contributed by atoms with Gasteiger partial charge < -0.3 is 5.73 Å². The van der Waals surface area contributed by atoms with Crippen LogP contribution in [0.4, 0.5) is 0 Å². The summed E-state index contributed by atoms with van der Waals surface area (Å²) in [5.74, 6) is 0. The third kappa shape index (κ3) is 3.26. The number of benzene rings is 2. The normalized spacial score (nSPS) is 13.2. The molecule has 0 heterocycles. The Labute approximate surface area is 120 Å². The van der Waals surface area contributed by atoms with E-state index in [2.05, 4.69) is 19.1 Å². The monoisotopic (exact) mass is 289 g/mol. The lowest BCUT2D eigenvalue weighted by Gasteiger charge is -2.14. The molecular formula is C16H19NO2S. The lowest BCUT2D eigenvalue weighted by Crippen LogP contribution is -2.12. The van der Waals surface area contributed by atoms with E-state index in [1.807, 2.05) is 18.2 Å². The molecule has 2 aromatic carbocycles. The molecule has 3 nitrogen and oxygen atoms in total. The van der Waals surface area contributed by atoms with E-state index in [1.165, 1.54) is 11.8 Å². The Hall–Kier alpha value is -1.65. The minimum atomic E-state index is -3.21. The van der Waals surface area contributed by atoms with Gasteiger partial charge in [0.1, 0.15) is 0 Å². The molecule has 0 aliphatic rings. The summed E-state index contributed by atoms with van der Waals surface area (Å²) in [6.07, 6.45) is 2.15. The van der Waals surface area contributed by atoms with Crippen LogP contribution in [0, 0.1) is 0 Å². The van der Waals surface area contributed by atoms with Gasteiger partial charge in [-0.3, -0.25) is 0 Å². The van der Waals surface area contributed by atoms with Crippen LogP contribution < -0.4 is 5.73 Å². The number of nitrogens with two attached hydrogens (primary N) is 1. The lowest BCUT2D eigenvalue weighted by molar-refractivity contribution is 0.601. The van der Waals surface area contributed by atoms with E-state index in [4.69, 9.17) is 5.73 Å². The molecule has 106 valence electrons. The van der Waals surface area contributed by atoms with Crippen LogP contribution >= 0.6 is 0 Å². The number of rotatable bonds is 4. The molecule has 1 unspecified atom stereocenters. The molecule has 2 rings (SSSR count). The molecule has 20 heavy (non-hydrogen) atoms. The largest absolute Gasteiger partial charge is 0.320 e. The fraction of sp³-hybridized carbons (Fsp3) is 0.250. The van der Waals surface area contributed by atoms with Gasteiger partial charge in [0.05, 0.1) is 10.9 Å². The van der Waals surface area contributed by atoms with E-state index in [0.29, 0.717) is 4.90 Å². The Balaban J connectivity index is 2.40. The molecule has 0 fully saturated rings. The Morgan fingerprint density at radius 1 is 1.05 bits per heavy atom. The highest BCUT2D eigenvalue weighted by Crippen LogP contribution is 2.23. The zero-order chi connectivity index (χ0) is 14.8. The van der Waals surface area contributed by atoms with Gasteiger partial charge in [0.25, 0.3) is 0 Å². The van der Waals surface area contributed by atoms with Crippen molar-refractivity contribution < 1.29 is 8.42 Å². The maximum absolute atomic E-state index is 11.6. The van der Waals surface area contributed by atoms with E-state index in [9.17, 15) is 8.42 Å². The van der Waals surface area contributed by atoms with E-state index in [-0.39, 0.29) is 6.04 Å². The SMILES string of the molecule is CCc1cccc(C(N)c2cccc(S(C)(=O)=O)c2)c1. The smallest absolute Gasteiger partial charge is 0.175 e. The van der Waals surface area contributed by atoms with Gasteiger partial charge in [0, 0.05) is 6.26 Å². The summed E-state index contributed by atoms with van der Waals surface area (Å²) in [5, 5.41) is 0. The fourth-order valence-electron chi connectivity index (χ4n) is 2.14. The zero-order valence-corrected chi connectivity index (χ0v) is 12.5. The summed E-state index contributed by atoms with van der Waals surface area (Å²) in [6, 6.07) is 14.6. The van der Waals surface area contributed by atoms with Gasteiger partial charge in [-0.05, 0) is 35.2 Å². The molecule has 2 aromatic rings. The van der Waals surface area contributed by atoms with Crippen molar-refractivity contribution in [2.75, 3.05) is 6.26 Å². The van der Waals surface area contributed by atoms with Crippen molar-refractivity contribution in [2.45, 2.75) is 24.3 Å². The zero-order valence-electron chi connectivity index (χ0n) is 11.7. The van der Waals surface area contributed by atoms with Crippen LogP contribution in [0.25, 0.3) is 0 Å². The molecule has 0 spiro atoms. The second-order valence-corrected chi connectivity index (χ2v) is 6.94. The summed E-state index contributed by atoms with van der Waals surface area (Å²) in [6.45, 7) is 2.09. The van der Waals surface area contributed by atoms with E-state index >= 15 is 0 Å². The minimum Gasteiger partial charge on any atom is -0.320 e. The average Bonchev–Trinajstić information content (AvgIpc) is 2.46. The van der Waals surface area contributed by atoms with Crippen LogP contribution in [-0.2, 0) is 16.3 Å². The van der Waals surface area contributed by atoms with Crippen LogP contribution in [0.1, 0.15) is 29.7 Å². The van der Waals surface area contributed by atoms with Crippen LogP contribution in [0.2, 0.25) is 0 Å². The first kappa shape index (κ1) is 14.8. The van der Waals surface area contributed by atoms with Crippen LogP contribution in [0.5, 0.6) is 0 Å². The summed E-state index contributed by atoms with van der Waals surface area (Å²) in [4.78, 5) is 0.303. The van der Waals surface area contributed by atoms with Crippen LogP contribution in [0.15, 0.2) is 53.4 Å². The summed E-state index contributed by atoms with van der Waals surface area (Å²) >= 11 is 0. The predicted octanol–water partition coefficient (Wildman–Crippen LogP) is 2.70. The van der Waals surface area contributed by atoms with Gasteiger partial charge >= 0.3 is 0 Å². The standard InChI is InChI=1S/C16H19NO2S/c1-3-12-6-4-7-13(10-12)16(17)14-8-5-9-15(11-14)20(2,18)19/h4-11,16H,3,17H2,1-2H3. The molecular weight excluding hydrogens is 270 g/mol. The van der Waals surface area contributed by atoms with E-state index in [0.717, 1.165) is 17.5 Å². The average molecular weight is 289 g/mol. The van der Waals surface area contributed by atoms with Crippen molar-refractivity contribution >= 4 is 9.84 Å². The lowest BCUT2D eigenvalue weighted by atomic mass is 9.97. The molecule has 0 saturated carbocycles. The first-order valence-corrected chi connectivity index (χ1v) is 8.45. The Kier molecular flexibility index (Phi) is 4.26. The first-order valence-electron chi connectivity index (χ1n) is 6.56. The van der Waals surface area contributed by atoms with E-state index < -0.39 is 9.84 Å². The Bertz CT molecular complexity index is 708. The maximum atomic E-state index is 11.6. The first-order chi connectivity index (χ1) is 9.41. The van der Waals surface area contributed by atoms with Crippen LogP contribution in [-0.4, -0.2) is 14.7 Å². The Morgan fingerprint density at radius 2 is 1.65 bits per heavy atom. The third-order valence-corrected chi connectivity index (χ3v) is 4.47. The molecule has 0 aromatic heterocycles. The van der Waals surface area contributed by atoms with Crippen molar-refractivity contribution in [1.29, 1.82) is 0 Å². The topological polar surface area (TPSA) is 60.2 Å². The highest BCUT2D eigenvalue weighted by atomic mass is 32.2. The van der Waals surface area contributed by atoms with Crippen molar-refractivity contribution in [1.82, 2.24) is 0 Å². The third-order valence-electron chi connectivity index (χ3n) is 3.36. The van der Waals surface area contributed by atoms with Crippen LogP contribution in [0.3, 0.4) is 0 Å². The van der Waals surface area contributed by atoms with Gasteiger partial charge in [0.2, 0.25) is 0 Å². The van der Waals surface area contributed by atoms with Gasteiger partial charge in [-0.1, -0.05) is 43.3 Å². The highest BCUT2D eigenvalue weighted by molar-refractivity contribution is 7.90. The molecule has 0 bridgehead atoms. The van der Waals surface area contributed by atoms with Gasteiger partial charge in [-0.25, -0.2) is 8.42 Å². The summed E-state index contributed by atoms with van der Waals surface area (Å²) in [7, 11) is -3.21. The molecule has 0 aliphatic carbocycles. The number of hydrogen-bond donors (Lipinski definition) is 1. The Morgan fingerprint density at radius 3 is 2.25 bits per heavy atom. The number of hydrogen-bond acceptors (Lipinski definition) is 3. The van der Waals surface area contributed by atoms with Crippen molar-refractivity contribution in [2.24, 2.45) is 5.73 Å². The summed E-state index contributed by atoms with van der Waals surface area (Å²) in [5.41, 5.74) is 9.28. The van der Waals surface area contributed by atoms with Crippen molar-refractivity contribution in [3.05, 3.63) is 65.2 Å². The van der Waals surface area contributed by atoms with Crippen molar-refractivity contribution in [3.8, 4) is 0 Å². The molecule has 0 aliphatic heterocycles. The molecule has 2 N–H and O–H groups in total. The fourth-order valence-corrected chi connectivity index (χ4v) is 2.81. The quantitative estimate of drug-likeness (QED) is 0.941. The van der Waals surface area contributed by atoms with Gasteiger partial charge in [-0.15, -0.1) is 0 Å². The molecule has 0 amide bonds. The maximum Gasteiger partial charge on any atom is 0.175 e. The second-order valence-electron chi connectivity index (χ2n) is 4.92. The van der Waals surface area contributed by atoms with Gasteiger partial charge in [0.15, 0.2) is 9.84 Å². The summed E-state index contributed by atoms with van der Waals surface area (Å²) < 4.78 is 23.2. The van der Waals surface area contributed by atoms with Gasteiger partial charge in [-0.2, -0.15) is 0 Å². The highest BCUT2D eigenvalue weighted by Gasteiger charge is 2.13. The predicted molar refractivity (Wildman–Crippen MR) is 81.4 cm³/mol. The number of sulfone groups is 1. The molecule has 4 heteroatoms. The second kappa shape index (κ2) is 5.77. The molecule has 1 atom stereocenters. The van der Waals surface area contributed by atoms with E-state index in [1.54, 1.807) is 18.2 Å². The molecule has 0 saturated heterocycles. The minimum absolute atomic E-state index is 0.303. The molecule has 0 radical (unpaired) electrons. The van der Waals surface area contributed by atoms with Crippen molar-refractivity contribution in [3.63, 3.8) is 0 Å².